The summed E-state index contributed by atoms with van der Waals surface area (Å²) < 4.78 is 5.41. The van der Waals surface area contributed by atoms with Gasteiger partial charge in [-0.25, -0.2) is 0 Å². The summed E-state index contributed by atoms with van der Waals surface area (Å²) >= 11 is 0. The van der Waals surface area contributed by atoms with Crippen LogP contribution >= 0.6 is 0 Å². The van der Waals surface area contributed by atoms with Crippen LogP contribution in [0, 0.1) is 0 Å². The zero-order chi connectivity index (χ0) is 13.1. The lowest BCUT2D eigenvalue weighted by molar-refractivity contribution is -0.0391. The summed E-state index contributed by atoms with van der Waals surface area (Å²) in [4.78, 5) is 2.42. The van der Waals surface area contributed by atoms with Gasteiger partial charge in [-0.2, -0.15) is 0 Å². The predicted molar refractivity (Wildman–Crippen MR) is 75.2 cm³/mol. The fraction of sp³-hybridized carbons (Fsp3) is 0.625. The lowest BCUT2D eigenvalue weighted by atomic mass is 9.79. The minimum atomic E-state index is -0.168. The average Bonchev–Trinajstić information content (AvgIpc) is 2.49. The van der Waals surface area contributed by atoms with E-state index in [0.717, 1.165) is 45.6 Å². The molecule has 1 aromatic rings. The average molecular weight is 261 g/mol. The molecule has 0 radical (unpaired) electrons. The van der Waals surface area contributed by atoms with E-state index in [1.807, 2.05) is 0 Å². The third-order valence-corrected chi connectivity index (χ3v) is 4.57. The van der Waals surface area contributed by atoms with Crippen LogP contribution in [0.2, 0.25) is 0 Å². The van der Waals surface area contributed by atoms with Gasteiger partial charge in [0.2, 0.25) is 0 Å². The van der Waals surface area contributed by atoms with E-state index >= 15 is 0 Å². The monoisotopic (exact) mass is 261 g/mol. The van der Waals surface area contributed by atoms with Gasteiger partial charge in [-0.3, -0.25) is 4.90 Å². The highest BCUT2D eigenvalue weighted by atomic mass is 16.5. The van der Waals surface area contributed by atoms with Crippen molar-refractivity contribution < 1.29 is 9.84 Å². The lowest BCUT2D eigenvalue weighted by Gasteiger charge is -2.42. The summed E-state index contributed by atoms with van der Waals surface area (Å²) in [7, 11) is 0. The number of benzene rings is 1. The van der Waals surface area contributed by atoms with Gasteiger partial charge in [0.1, 0.15) is 0 Å². The molecular formula is C16H23NO2. The van der Waals surface area contributed by atoms with Crippen molar-refractivity contribution in [3.8, 4) is 0 Å². The largest absolute Gasteiger partial charge is 0.391 e. The molecule has 3 heteroatoms. The number of rotatable bonds is 2. The van der Waals surface area contributed by atoms with E-state index in [4.69, 9.17) is 4.74 Å². The first kappa shape index (κ1) is 13.1. The van der Waals surface area contributed by atoms with Crippen molar-refractivity contribution in [2.24, 2.45) is 0 Å². The van der Waals surface area contributed by atoms with Gasteiger partial charge in [0.05, 0.1) is 19.3 Å². The Labute approximate surface area is 115 Å². The Morgan fingerprint density at radius 3 is 2.53 bits per heavy atom. The summed E-state index contributed by atoms with van der Waals surface area (Å²) in [5.41, 5.74) is 1.42. The Bertz CT molecular complexity index is 389. The van der Waals surface area contributed by atoms with E-state index in [2.05, 4.69) is 35.2 Å². The van der Waals surface area contributed by atoms with Crippen LogP contribution in [0.3, 0.4) is 0 Å². The topological polar surface area (TPSA) is 32.7 Å². The van der Waals surface area contributed by atoms with Gasteiger partial charge in [0, 0.05) is 19.1 Å². The molecule has 1 aliphatic heterocycles. The Hall–Kier alpha value is -0.900. The second-order valence-electron chi connectivity index (χ2n) is 5.70. The van der Waals surface area contributed by atoms with Crippen LogP contribution in [0.5, 0.6) is 0 Å². The first-order chi connectivity index (χ1) is 9.34. The van der Waals surface area contributed by atoms with E-state index in [1.54, 1.807) is 0 Å². The predicted octanol–water partition coefficient (Wildman–Crippen LogP) is 2.02. The number of hydrogen-bond acceptors (Lipinski definition) is 3. The maximum absolute atomic E-state index is 10.3. The van der Waals surface area contributed by atoms with E-state index in [1.165, 1.54) is 5.56 Å². The van der Waals surface area contributed by atoms with Crippen molar-refractivity contribution in [2.45, 2.75) is 37.3 Å². The molecule has 1 aliphatic carbocycles. The number of ether oxygens (including phenoxy) is 1. The van der Waals surface area contributed by atoms with Crippen molar-refractivity contribution in [1.82, 2.24) is 4.90 Å². The number of aliphatic hydroxyl groups is 1. The first-order valence-corrected chi connectivity index (χ1v) is 7.39. The summed E-state index contributed by atoms with van der Waals surface area (Å²) in [5.74, 6) is 0.595. The Balaban J connectivity index is 1.70. The van der Waals surface area contributed by atoms with Gasteiger partial charge in [-0.05, 0) is 30.7 Å². The lowest BCUT2D eigenvalue weighted by Crippen LogP contribution is -2.51. The van der Waals surface area contributed by atoms with Gasteiger partial charge in [0.15, 0.2) is 0 Å². The van der Waals surface area contributed by atoms with E-state index in [9.17, 15) is 5.11 Å². The SMILES string of the molecule is OC1CCC(c2ccccc2)CC1N1CCOCC1. The standard InChI is InChI=1S/C16H23NO2/c18-16-7-6-14(13-4-2-1-3-5-13)12-15(16)17-8-10-19-11-9-17/h1-5,14-16,18H,6-12H2. The fourth-order valence-corrected chi connectivity index (χ4v) is 3.46. The van der Waals surface area contributed by atoms with Crippen LogP contribution < -0.4 is 0 Å². The highest BCUT2D eigenvalue weighted by Gasteiger charge is 2.34. The molecular weight excluding hydrogens is 238 g/mol. The van der Waals surface area contributed by atoms with Crippen LogP contribution in [0.25, 0.3) is 0 Å². The van der Waals surface area contributed by atoms with E-state index < -0.39 is 0 Å². The molecule has 3 rings (SSSR count). The van der Waals surface area contributed by atoms with Crippen LogP contribution in [-0.2, 0) is 4.74 Å². The smallest absolute Gasteiger partial charge is 0.0695 e. The molecule has 3 atom stereocenters. The third-order valence-electron chi connectivity index (χ3n) is 4.57. The number of nitrogens with zero attached hydrogens (tertiary/aromatic N) is 1. The van der Waals surface area contributed by atoms with Crippen LogP contribution in [0.15, 0.2) is 30.3 Å². The van der Waals surface area contributed by atoms with Gasteiger partial charge < -0.3 is 9.84 Å². The molecule has 1 saturated carbocycles. The summed E-state index contributed by atoms with van der Waals surface area (Å²) in [6, 6.07) is 11.1. The highest BCUT2D eigenvalue weighted by molar-refractivity contribution is 5.20. The maximum atomic E-state index is 10.3. The number of morpholine rings is 1. The molecule has 19 heavy (non-hydrogen) atoms. The molecule has 1 heterocycles. The zero-order valence-corrected chi connectivity index (χ0v) is 11.4. The molecule has 2 aliphatic rings. The molecule has 3 unspecified atom stereocenters. The zero-order valence-electron chi connectivity index (χ0n) is 11.4. The molecule has 1 aromatic carbocycles. The van der Waals surface area contributed by atoms with Crippen molar-refractivity contribution >= 4 is 0 Å². The highest BCUT2D eigenvalue weighted by Crippen LogP contribution is 2.35. The molecule has 3 nitrogen and oxygen atoms in total. The van der Waals surface area contributed by atoms with E-state index in [0.29, 0.717) is 12.0 Å². The molecule has 0 amide bonds. The molecule has 0 bridgehead atoms. The molecule has 0 spiro atoms. The second kappa shape index (κ2) is 6.04. The van der Waals surface area contributed by atoms with Crippen molar-refractivity contribution in [1.29, 1.82) is 0 Å². The molecule has 1 N–H and O–H groups in total. The molecule has 0 aromatic heterocycles. The number of aliphatic hydroxyl groups excluding tert-OH is 1. The minimum absolute atomic E-state index is 0.168. The Morgan fingerprint density at radius 2 is 1.79 bits per heavy atom. The molecule has 104 valence electrons. The molecule has 2 fully saturated rings. The van der Waals surface area contributed by atoms with Crippen LogP contribution in [-0.4, -0.2) is 48.5 Å². The van der Waals surface area contributed by atoms with Gasteiger partial charge in [-0.1, -0.05) is 30.3 Å². The number of hydrogen-bond donors (Lipinski definition) is 1. The second-order valence-corrected chi connectivity index (χ2v) is 5.70. The summed E-state index contributed by atoms with van der Waals surface area (Å²) in [6.45, 7) is 3.53. The van der Waals surface area contributed by atoms with Crippen LogP contribution in [0.4, 0.5) is 0 Å². The van der Waals surface area contributed by atoms with Crippen molar-refractivity contribution in [3.63, 3.8) is 0 Å². The fourth-order valence-electron chi connectivity index (χ4n) is 3.46. The van der Waals surface area contributed by atoms with Crippen molar-refractivity contribution in [2.75, 3.05) is 26.3 Å². The van der Waals surface area contributed by atoms with Crippen LogP contribution in [0.1, 0.15) is 30.7 Å². The van der Waals surface area contributed by atoms with Gasteiger partial charge in [-0.15, -0.1) is 0 Å². The summed E-state index contributed by atoms with van der Waals surface area (Å²) in [6.07, 6.45) is 2.93. The Kier molecular flexibility index (Phi) is 4.16. The third kappa shape index (κ3) is 2.99. The van der Waals surface area contributed by atoms with Gasteiger partial charge >= 0.3 is 0 Å². The minimum Gasteiger partial charge on any atom is -0.391 e. The van der Waals surface area contributed by atoms with Gasteiger partial charge in [0.25, 0.3) is 0 Å². The Morgan fingerprint density at radius 1 is 1.05 bits per heavy atom. The first-order valence-electron chi connectivity index (χ1n) is 7.39. The van der Waals surface area contributed by atoms with E-state index in [-0.39, 0.29) is 6.10 Å². The summed E-state index contributed by atoms with van der Waals surface area (Å²) in [5, 5.41) is 10.3. The maximum Gasteiger partial charge on any atom is 0.0695 e. The molecule has 1 saturated heterocycles. The normalized spacial score (nSPS) is 33.2. The van der Waals surface area contributed by atoms with Crippen molar-refractivity contribution in [3.05, 3.63) is 35.9 Å². The quantitative estimate of drug-likeness (QED) is 0.884.